The smallest absolute Gasteiger partial charge is 0.309 e. The van der Waals surface area contributed by atoms with Crippen LogP contribution in [0.4, 0.5) is 4.39 Å². The van der Waals surface area contributed by atoms with Crippen LogP contribution in [0.5, 0.6) is 5.75 Å². The maximum Gasteiger partial charge on any atom is 0.309 e. The minimum absolute atomic E-state index is 0.0562. The summed E-state index contributed by atoms with van der Waals surface area (Å²) in [6, 6.07) is 12.1. The van der Waals surface area contributed by atoms with Gasteiger partial charge < -0.3 is 9.84 Å². The topological polar surface area (TPSA) is 102 Å². The standard InChI is InChI=1S/C21H22FN3O5S/c1-2-30-14-7-9-15(10-8-14)31(28,29)24-12-17(22)20(13-24)25-19-6-4-3-5-16(19)18(23-25)11-21(26)27/h3-10,17,20H,2,11-13H2,1H3,(H,26,27)/t17-,20-/m0/s1. The summed E-state index contributed by atoms with van der Waals surface area (Å²) in [5.41, 5.74) is 0.898. The number of carboxylic acid groups (broad SMARTS) is 1. The van der Waals surface area contributed by atoms with Gasteiger partial charge in [-0.1, -0.05) is 18.2 Å². The summed E-state index contributed by atoms with van der Waals surface area (Å²) in [5, 5.41) is 14.1. The van der Waals surface area contributed by atoms with Crippen LogP contribution in [0.2, 0.25) is 0 Å². The number of hydrogen-bond donors (Lipinski definition) is 1. The van der Waals surface area contributed by atoms with Crippen LogP contribution in [0.15, 0.2) is 53.4 Å². The van der Waals surface area contributed by atoms with Gasteiger partial charge in [-0.2, -0.15) is 9.40 Å². The van der Waals surface area contributed by atoms with E-state index in [1.54, 1.807) is 36.4 Å². The van der Waals surface area contributed by atoms with E-state index < -0.39 is 28.2 Å². The number of fused-ring (bicyclic) bond motifs is 1. The van der Waals surface area contributed by atoms with Gasteiger partial charge in [0, 0.05) is 18.5 Å². The van der Waals surface area contributed by atoms with Crippen LogP contribution in [0, 0.1) is 0 Å². The number of hydrogen-bond acceptors (Lipinski definition) is 5. The van der Waals surface area contributed by atoms with Crippen molar-refractivity contribution in [2.75, 3.05) is 19.7 Å². The number of para-hydroxylation sites is 1. The summed E-state index contributed by atoms with van der Waals surface area (Å²) < 4.78 is 49.0. The number of ether oxygens (including phenoxy) is 1. The Morgan fingerprint density at radius 2 is 1.90 bits per heavy atom. The predicted octanol–water partition coefficient (Wildman–Crippen LogP) is 2.65. The van der Waals surface area contributed by atoms with Gasteiger partial charge in [-0.3, -0.25) is 9.48 Å². The first-order valence-corrected chi connectivity index (χ1v) is 11.3. The monoisotopic (exact) mass is 447 g/mol. The zero-order valence-corrected chi connectivity index (χ0v) is 17.6. The summed E-state index contributed by atoms with van der Waals surface area (Å²) in [6.07, 6.45) is -1.79. The predicted molar refractivity (Wildman–Crippen MR) is 111 cm³/mol. The first-order chi connectivity index (χ1) is 14.8. The van der Waals surface area contributed by atoms with Crippen molar-refractivity contribution in [2.45, 2.75) is 30.5 Å². The summed E-state index contributed by atoms with van der Waals surface area (Å²) in [6.45, 7) is 1.89. The van der Waals surface area contributed by atoms with Crippen molar-refractivity contribution in [2.24, 2.45) is 0 Å². The SMILES string of the molecule is CCOc1ccc(S(=O)(=O)N2C[C@H](F)[C@@H](n3nc(CC(=O)O)c4ccccc43)C2)cc1. The lowest BCUT2D eigenvalue weighted by Crippen LogP contribution is -2.29. The van der Waals surface area contributed by atoms with Crippen molar-refractivity contribution in [3.8, 4) is 5.75 Å². The Morgan fingerprint density at radius 1 is 1.19 bits per heavy atom. The lowest BCUT2D eigenvalue weighted by atomic mass is 10.1. The van der Waals surface area contributed by atoms with Gasteiger partial charge in [-0.05, 0) is 37.3 Å². The highest BCUT2D eigenvalue weighted by Crippen LogP contribution is 2.33. The molecule has 1 saturated heterocycles. The molecule has 1 aliphatic rings. The molecule has 0 aliphatic carbocycles. The first kappa shape index (κ1) is 21.3. The number of aromatic nitrogens is 2. The quantitative estimate of drug-likeness (QED) is 0.598. The van der Waals surface area contributed by atoms with Crippen molar-refractivity contribution in [1.82, 2.24) is 14.1 Å². The zero-order chi connectivity index (χ0) is 22.2. The fraction of sp³-hybridized carbons (Fsp3) is 0.333. The van der Waals surface area contributed by atoms with Gasteiger partial charge in [0.1, 0.15) is 11.9 Å². The number of nitrogens with zero attached hydrogens (tertiary/aromatic N) is 3. The van der Waals surface area contributed by atoms with Gasteiger partial charge in [0.15, 0.2) is 0 Å². The number of carboxylic acids is 1. The Kier molecular flexibility index (Phi) is 5.67. The lowest BCUT2D eigenvalue weighted by molar-refractivity contribution is -0.136. The van der Waals surface area contributed by atoms with Crippen LogP contribution in [0.3, 0.4) is 0 Å². The van der Waals surface area contributed by atoms with E-state index in [4.69, 9.17) is 9.84 Å². The molecular weight excluding hydrogens is 425 g/mol. The van der Waals surface area contributed by atoms with E-state index in [9.17, 15) is 13.2 Å². The highest BCUT2D eigenvalue weighted by molar-refractivity contribution is 7.89. The van der Waals surface area contributed by atoms with Crippen molar-refractivity contribution >= 4 is 26.9 Å². The van der Waals surface area contributed by atoms with Gasteiger partial charge in [0.25, 0.3) is 0 Å². The average Bonchev–Trinajstić information content (AvgIpc) is 3.29. The number of alkyl halides is 1. The lowest BCUT2D eigenvalue weighted by Gasteiger charge is -2.17. The molecule has 31 heavy (non-hydrogen) atoms. The van der Waals surface area contributed by atoms with E-state index in [1.165, 1.54) is 16.8 Å². The minimum atomic E-state index is -3.91. The number of benzene rings is 2. The molecule has 0 amide bonds. The molecule has 0 bridgehead atoms. The summed E-state index contributed by atoms with van der Waals surface area (Å²) in [4.78, 5) is 11.2. The van der Waals surface area contributed by atoms with Crippen LogP contribution in [-0.4, -0.2) is 59.4 Å². The van der Waals surface area contributed by atoms with Crippen molar-refractivity contribution < 1.29 is 27.4 Å². The fourth-order valence-electron chi connectivity index (χ4n) is 3.85. The van der Waals surface area contributed by atoms with Gasteiger partial charge in [0.2, 0.25) is 10.0 Å². The summed E-state index contributed by atoms with van der Waals surface area (Å²) >= 11 is 0. The molecule has 1 fully saturated rings. The molecule has 0 radical (unpaired) electrons. The Balaban J connectivity index is 1.64. The third kappa shape index (κ3) is 4.00. The third-order valence-electron chi connectivity index (χ3n) is 5.28. The van der Waals surface area contributed by atoms with E-state index in [1.807, 2.05) is 6.92 Å². The van der Waals surface area contributed by atoms with E-state index >= 15 is 4.39 Å². The van der Waals surface area contributed by atoms with Crippen LogP contribution in [0.1, 0.15) is 18.7 Å². The van der Waals surface area contributed by atoms with Crippen LogP contribution in [0.25, 0.3) is 10.9 Å². The molecule has 1 aromatic heterocycles. The van der Waals surface area contributed by atoms with Crippen molar-refractivity contribution in [3.05, 3.63) is 54.2 Å². The number of carbonyl (C=O) groups is 1. The Hall–Kier alpha value is -2.98. The van der Waals surface area contributed by atoms with E-state index in [-0.39, 0.29) is 24.4 Å². The number of sulfonamides is 1. The second-order valence-corrected chi connectivity index (χ2v) is 9.23. The van der Waals surface area contributed by atoms with Crippen LogP contribution >= 0.6 is 0 Å². The molecule has 1 N–H and O–H groups in total. The maximum absolute atomic E-state index is 15.0. The molecule has 0 saturated carbocycles. The van der Waals surface area contributed by atoms with Gasteiger partial charge in [0.05, 0.1) is 35.2 Å². The number of rotatable bonds is 7. The Labute approximate surface area is 178 Å². The highest BCUT2D eigenvalue weighted by Gasteiger charge is 2.41. The second-order valence-electron chi connectivity index (χ2n) is 7.29. The summed E-state index contributed by atoms with van der Waals surface area (Å²) in [7, 11) is -3.91. The fourth-order valence-corrected chi connectivity index (χ4v) is 5.31. The molecule has 10 heteroatoms. The molecule has 0 spiro atoms. The molecule has 1 aliphatic heterocycles. The Bertz CT molecular complexity index is 1210. The van der Waals surface area contributed by atoms with Gasteiger partial charge in [-0.25, -0.2) is 12.8 Å². The number of aliphatic carboxylic acids is 1. The van der Waals surface area contributed by atoms with Crippen molar-refractivity contribution in [1.29, 1.82) is 0 Å². The molecule has 0 unspecified atom stereocenters. The normalized spacial score (nSPS) is 19.7. The molecule has 3 aromatic rings. The second kappa shape index (κ2) is 8.27. The minimum Gasteiger partial charge on any atom is -0.494 e. The zero-order valence-electron chi connectivity index (χ0n) is 16.8. The molecule has 2 atom stereocenters. The van der Waals surface area contributed by atoms with Crippen LogP contribution < -0.4 is 4.74 Å². The maximum atomic E-state index is 15.0. The van der Waals surface area contributed by atoms with Gasteiger partial charge >= 0.3 is 5.97 Å². The van der Waals surface area contributed by atoms with E-state index in [2.05, 4.69) is 5.10 Å². The first-order valence-electron chi connectivity index (χ1n) is 9.86. The largest absolute Gasteiger partial charge is 0.494 e. The number of halogens is 1. The molecule has 2 aromatic carbocycles. The van der Waals surface area contributed by atoms with Crippen LogP contribution in [-0.2, 0) is 21.2 Å². The molecule has 2 heterocycles. The Morgan fingerprint density at radius 3 is 2.58 bits per heavy atom. The van der Waals surface area contributed by atoms with Crippen molar-refractivity contribution in [3.63, 3.8) is 0 Å². The molecule has 164 valence electrons. The molecular formula is C21H22FN3O5S. The highest BCUT2D eigenvalue weighted by atomic mass is 32.2. The van der Waals surface area contributed by atoms with E-state index in [0.29, 0.717) is 29.0 Å². The average molecular weight is 447 g/mol. The van der Waals surface area contributed by atoms with Gasteiger partial charge in [-0.15, -0.1) is 0 Å². The van der Waals surface area contributed by atoms with E-state index in [0.717, 1.165) is 4.31 Å². The third-order valence-corrected chi connectivity index (χ3v) is 7.13. The summed E-state index contributed by atoms with van der Waals surface area (Å²) in [5.74, 6) is -0.489. The molecule has 4 rings (SSSR count). The molecule has 8 nitrogen and oxygen atoms in total.